The van der Waals surface area contributed by atoms with E-state index in [1.54, 1.807) is 29.8 Å². The number of esters is 1. The predicted octanol–water partition coefficient (Wildman–Crippen LogP) is 1.57. The Hall–Kier alpha value is -2.90. The molecule has 0 saturated carbocycles. The van der Waals surface area contributed by atoms with Crippen LogP contribution < -0.4 is 4.74 Å². The summed E-state index contributed by atoms with van der Waals surface area (Å²) >= 11 is 0. The van der Waals surface area contributed by atoms with Crippen LogP contribution in [0, 0.1) is 0 Å². The zero-order valence-electron chi connectivity index (χ0n) is 13.9. The molecule has 0 atom stereocenters. The number of carbonyl (C=O) groups is 2. The van der Waals surface area contributed by atoms with E-state index in [2.05, 4.69) is 10.3 Å². The summed E-state index contributed by atoms with van der Waals surface area (Å²) in [6.45, 7) is 3.74. The topological polar surface area (TPSA) is 86.5 Å². The van der Waals surface area contributed by atoms with Gasteiger partial charge in [-0.1, -0.05) is 5.21 Å². The summed E-state index contributed by atoms with van der Waals surface area (Å²) in [6.07, 6.45) is 2.08. The zero-order valence-corrected chi connectivity index (χ0v) is 13.9. The van der Waals surface area contributed by atoms with E-state index in [-0.39, 0.29) is 24.8 Å². The summed E-state index contributed by atoms with van der Waals surface area (Å²) in [7, 11) is 0. The van der Waals surface area contributed by atoms with E-state index in [9.17, 15) is 9.59 Å². The lowest BCUT2D eigenvalue weighted by Crippen LogP contribution is -2.28. The van der Waals surface area contributed by atoms with E-state index in [4.69, 9.17) is 9.47 Å². The van der Waals surface area contributed by atoms with Crippen LogP contribution in [0.4, 0.5) is 0 Å². The van der Waals surface area contributed by atoms with Gasteiger partial charge in [0, 0.05) is 18.7 Å². The van der Waals surface area contributed by atoms with Crippen molar-refractivity contribution in [3.05, 3.63) is 35.2 Å². The molecular weight excluding hydrogens is 324 g/mol. The Morgan fingerprint density at radius 1 is 1.28 bits per heavy atom. The first-order valence-corrected chi connectivity index (χ1v) is 8.37. The van der Waals surface area contributed by atoms with Crippen LogP contribution in [-0.4, -0.2) is 51.5 Å². The summed E-state index contributed by atoms with van der Waals surface area (Å²) in [6, 6.07) is 5.25. The maximum absolute atomic E-state index is 12.6. The first kappa shape index (κ1) is 15.6. The second-order valence-electron chi connectivity index (χ2n) is 5.99. The van der Waals surface area contributed by atoms with Crippen LogP contribution in [0.25, 0.3) is 5.69 Å². The van der Waals surface area contributed by atoms with Gasteiger partial charge in [0.25, 0.3) is 5.91 Å². The van der Waals surface area contributed by atoms with Crippen molar-refractivity contribution in [1.82, 2.24) is 19.9 Å². The van der Waals surface area contributed by atoms with Gasteiger partial charge in [-0.2, -0.15) is 0 Å². The summed E-state index contributed by atoms with van der Waals surface area (Å²) in [4.78, 5) is 26.4. The predicted molar refractivity (Wildman–Crippen MR) is 86.8 cm³/mol. The van der Waals surface area contributed by atoms with Crippen molar-refractivity contribution in [1.29, 1.82) is 0 Å². The molecular formula is C17H18N4O4. The Bertz CT molecular complexity index is 839. The van der Waals surface area contributed by atoms with E-state index in [0.717, 1.165) is 25.9 Å². The Morgan fingerprint density at radius 2 is 2.08 bits per heavy atom. The zero-order chi connectivity index (χ0) is 17.4. The molecule has 0 unspecified atom stereocenters. The molecule has 1 saturated heterocycles. The van der Waals surface area contributed by atoms with Gasteiger partial charge in [-0.3, -0.25) is 4.79 Å². The lowest BCUT2D eigenvalue weighted by Gasteiger charge is -2.21. The number of likely N-dealkylation sites (tertiary alicyclic amines) is 1. The highest BCUT2D eigenvalue weighted by Crippen LogP contribution is 2.31. The Kier molecular flexibility index (Phi) is 3.87. The van der Waals surface area contributed by atoms with Crippen LogP contribution in [-0.2, 0) is 11.3 Å². The number of fused-ring (bicyclic) bond motifs is 3. The molecule has 0 radical (unpaired) electrons. The molecule has 1 fully saturated rings. The van der Waals surface area contributed by atoms with E-state index >= 15 is 0 Å². The van der Waals surface area contributed by atoms with E-state index in [0.29, 0.717) is 22.7 Å². The van der Waals surface area contributed by atoms with Gasteiger partial charge in [0.2, 0.25) is 0 Å². The first-order valence-electron chi connectivity index (χ1n) is 8.37. The fraction of sp³-hybridized carbons (Fsp3) is 0.412. The standard InChI is InChI=1S/C17H18N4O4/c1-2-24-17(23)15-13-10-25-14-6-5-11(9-12(14)21(13)19-18-15)16(22)20-7-3-4-8-20/h5-6,9H,2-4,7-8,10H2,1H3. The molecule has 3 heterocycles. The average Bonchev–Trinajstić information content (AvgIpc) is 3.30. The quantitative estimate of drug-likeness (QED) is 0.787. The van der Waals surface area contributed by atoms with Gasteiger partial charge in [-0.15, -0.1) is 5.10 Å². The first-order chi connectivity index (χ1) is 12.2. The number of nitrogens with zero attached hydrogens (tertiary/aromatic N) is 4. The number of rotatable bonds is 3. The Balaban J connectivity index is 1.70. The van der Waals surface area contributed by atoms with Crippen molar-refractivity contribution >= 4 is 11.9 Å². The van der Waals surface area contributed by atoms with Crippen molar-refractivity contribution in [3.8, 4) is 11.4 Å². The van der Waals surface area contributed by atoms with E-state index in [1.165, 1.54) is 0 Å². The van der Waals surface area contributed by atoms with Crippen LogP contribution >= 0.6 is 0 Å². The summed E-state index contributed by atoms with van der Waals surface area (Å²) in [5.74, 6) is 0.0732. The van der Waals surface area contributed by atoms with E-state index < -0.39 is 5.97 Å². The highest BCUT2D eigenvalue weighted by molar-refractivity contribution is 5.95. The molecule has 1 aromatic carbocycles. The second-order valence-corrected chi connectivity index (χ2v) is 5.99. The smallest absolute Gasteiger partial charge is 0.360 e. The molecule has 1 aromatic heterocycles. The molecule has 8 heteroatoms. The lowest BCUT2D eigenvalue weighted by atomic mass is 10.1. The maximum Gasteiger partial charge on any atom is 0.360 e. The molecule has 25 heavy (non-hydrogen) atoms. The van der Waals surface area contributed by atoms with Crippen molar-refractivity contribution in [2.45, 2.75) is 26.4 Å². The molecule has 0 bridgehead atoms. The SMILES string of the molecule is CCOC(=O)c1nnn2c1COc1ccc(C(=O)N3CCCC3)cc1-2. The van der Waals surface area contributed by atoms with Gasteiger partial charge >= 0.3 is 5.97 Å². The molecule has 1 amide bonds. The Labute approximate surface area is 144 Å². The highest BCUT2D eigenvalue weighted by atomic mass is 16.5. The molecule has 8 nitrogen and oxygen atoms in total. The van der Waals surface area contributed by atoms with Gasteiger partial charge in [-0.25, -0.2) is 9.48 Å². The monoisotopic (exact) mass is 342 g/mol. The third-order valence-electron chi connectivity index (χ3n) is 4.42. The number of ether oxygens (including phenoxy) is 2. The van der Waals surface area contributed by atoms with E-state index in [1.807, 2.05) is 4.90 Å². The molecule has 130 valence electrons. The van der Waals surface area contributed by atoms with Crippen LogP contribution in [0.2, 0.25) is 0 Å². The lowest BCUT2D eigenvalue weighted by molar-refractivity contribution is 0.0515. The molecule has 0 aliphatic carbocycles. The number of hydrogen-bond donors (Lipinski definition) is 0. The largest absolute Gasteiger partial charge is 0.485 e. The minimum absolute atomic E-state index is 0.00171. The number of hydrogen-bond acceptors (Lipinski definition) is 6. The van der Waals surface area contributed by atoms with Crippen molar-refractivity contribution in [3.63, 3.8) is 0 Å². The Morgan fingerprint density at radius 3 is 2.84 bits per heavy atom. The van der Waals surface area contributed by atoms with Gasteiger partial charge in [0.15, 0.2) is 5.69 Å². The normalized spacial score (nSPS) is 15.3. The van der Waals surface area contributed by atoms with Crippen LogP contribution in [0.15, 0.2) is 18.2 Å². The second kappa shape index (κ2) is 6.19. The van der Waals surface area contributed by atoms with Crippen LogP contribution in [0.5, 0.6) is 5.75 Å². The maximum atomic E-state index is 12.6. The van der Waals surface area contributed by atoms with Gasteiger partial charge in [0.1, 0.15) is 23.7 Å². The molecule has 0 spiro atoms. The molecule has 2 aliphatic heterocycles. The fourth-order valence-corrected chi connectivity index (χ4v) is 3.17. The van der Waals surface area contributed by atoms with Gasteiger partial charge in [-0.05, 0) is 38.0 Å². The highest BCUT2D eigenvalue weighted by Gasteiger charge is 2.28. The molecule has 0 N–H and O–H groups in total. The molecule has 2 aromatic rings. The fourth-order valence-electron chi connectivity index (χ4n) is 3.17. The minimum Gasteiger partial charge on any atom is -0.485 e. The summed E-state index contributed by atoms with van der Waals surface area (Å²) in [5.41, 5.74) is 1.85. The molecule has 2 aliphatic rings. The van der Waals surface area contributed by atoms with Gasteiger partial charge < -0.3 is 14.4 Å². The van der Waals surface area contributed by atoms with Crippen LogP contribution in [0.1, 0.15) is 46.3 Å². The van der Waals surface area contributed by atoms with Crippen molar-refractivity contribution in [2.24, 2.45) is 0 Å². The van der Waals surface area contributed by atoms with Gasteiger partial charge in [0.05, 0.1) is 6.61 Å². The third-order valence-corrected chi connectivity index (χ3v) is 4.42. The third kappa shape index (κ3) is 2.63. The van der Waals surface area contributed by atoms with Crippen LogP contribution in [0.3, 0.4) is 0 Å². The minimum atomic E-state index is -0.528. The van der Waals surface area contributed by atoms with Crippen molar-refractivity contribution in [2.75, 3.05) is 19.7 Å². The van der Waals surface area contributed by atoms with Crippen molar-refractivity contribution < 1.29 is 19.1 Å². The molecule has 4 rings (SSSR count). The number of aromatic nitrogens is 3. The number of amides is 1. The average molecular weight is 342 g/mol. The summed E-state index contributed by atoms with van der Waals surface area (Å²) in [5, 5.41) is 7.99. The number of benzene rings is 1. The summed E-state index contributed by atoms with van der Waals surface area (Å²) < 4.78 is 12.3. The number of carbonyl (C=O) groups excluding carboxylic acids is 2.